The number of ketones is 1. The molecule has 3 aromatic rings. The number of carbonyl (C=O) groups is 1. The topological polar surface area (TPSA) is 34.9 Å². The van der Waals surface area contributed by atoms with Gasteiger partial charge < -0.3 is 4.79 Å². The molecule has 0 aliphatic heterocycles. The first-order valence-corrected chi connectivity index (χ1v) is 9.82. The summed E-state index contributed by atoms with van der Waals surface area (Å²) in [6, 6.07) is 18.8. The second-order valence-electron chi connectivity index (χ2n) is 7.04. The summed E-state index contributed by atoms with van der Waals surface area (Å²) in [6.07, 6.45) is 8.00. The van der Waals surface area contributed by atoms with Crippen molar-refractivity contribution < 1.29 is 4.79 Å². The number of hydrogen-bond acceptors (Lipinski definition) is 2. The van der Waals surface area contributed by atoms with E-state index in [1.807, 2.05) is 23.0 Å². The third-order valence-electron chi connectivity index (χ3n) is 4.66. The van der Waals surface area contributed by atoms with Crippen molar-refractivity contribution in [2.75, 3.05) is 0 Å². The predicted octanol–water partition coefficient (Wildman–Crippen LogP) is 4.83. The minimum atomic E-state index is 0.211. The quantitative estimate of drug-likeness (QED) is 0.421. The Morgan fingerprint density at radius 2 is 1.89 bits per heavy atom. The van der Waals surface area contributed by atoms with Gasteiger partial charge in [-0.05, 0) is 55.0 Å². The number of nitrogens with zero attached hydrogens (tertiary/aromatic N) is 2. The first kappa shape index (κ1) is 19.6. The minimum Gasteiger partial charge on any atom is -0.300 e. The summed E-state index contributed by atoms with van der Waals surface area (Å²) in [7, 11) is 0. The normalized spacial score (nSPS) is 10.3. The van der Waals surface area contributed by atoms with Crippen molar-refractivity contribution in [2.45, 2.75) is 45.6 Å². The number of benzene rings is 2. The molecule has 0 aliphatic carbocycles. The molecule has 3 rings (SSSR count). The lowest BCUT2D eigenvalue weighted by atomic mass is 9.99. The molecule has 0 N–H and O–H groups in total. The van der Waals surface area contributed by atoms with Crippen molar-refractivity contribution in [3.05, 3.63) is 89.2 Å². The van der Waals surface area contributed by atoms with Crippen LogP contribution in [0.2, 0.25) is 0 Å². The van der Waals surface area contributed by atoms with E-state index >= 15 is 0 Å². The number of hydrogen-bond donors (Lipinski definition) is 0. The smallest absolute Gasteiger partial charge is 0.130 e. The first-order valence-electron chi connectivity index (χ1n) is 9.82. The molecule has 1 heterocycles. The van der Waals surface area contributed by atoms with Crippen LogP contribution in [0.15, 0.2) is 67.0 Å². The Bertz CT molecular complexity index is 947. The van der Waals surface area contributed by atoms with Crippen molar-refractivity contribution in [3.63, 3.8) is 0 Å². The monoisotopic (exact) mass is 370 g/mol. The van der Waals surface area contributed by atoms with Gasteiger partial charge in [-0.2, -0.15) is 5.10 Å². The van der Waals surface area contributed by atoms with Crippen LogP contribution in [0.25, 0.3) is 0 Å². The van der Waals surface area contributed by atoms with Gasteiger partial charge in [0.2, 0.25) is 0 Å². The van der Waals surface area contributed by atoms with E-state index in [2.05, 4.69) is 59.4 Å². The lowest BCUT2D eigenvalue weighted by molar-refractivity contribution is -0.116. The van der Waals surface area contributed by atoms with Gasteiger partial charge in [0.05, 0.1) is 6.54 Å². The van der Waals surface area contributed by atoms with Gasteiger partial charge in [0.15, 0.2) is 0 Å². The first-order chi connectivity index (χ1) is 13.7. The van der Waals surface area contributed by atoms with Crippen LogP contribution in [-0.2, 0) is 24.2 Å². The molecule has 3 heteroatoms. The highest BCUT2D eigenvalue weighted by molar-refractivity contribution is 5.75. The fourth-order valence-corrected chi connectivity index (χ4v) is 3.13. The third kappa shape index (κ3) is 6.25. The van der Waals surface area contributed by atoms with E-state index in [1.54, 1.807) is 13.1 Å². The van der Waals surface area contributed by atoms with E-state index in [9.17, 15) is 4.79 Å². The second kappa shape index (κ2) is 10.3. The average Bonchev–Trinajstić information content (AvgIpc) is 3.21. The summed E-state index contributed by atoms with van der Waals surface area (Å²) in [6.45, 7) is 2.36. The second-order valence-corrected chi connectivity index (χ2v) is 7.04. The fourth-order valence-electron chi connectivity index (χ4n) is 3.13. The van der Waals surface area contributed by atoms with Gasteiger partial charge in [-0.15, -0.1) is 0 Å². The number of aryl methyl sites for hydroxylation is 2. The standard InChI is InChI=1S/C25H26N2O/c1-21(28)13-15-24-16-14-23(20-27-18-8-17-26-27)19-25(24)12-7-3-6-11-22-9-4-2-5-10-22/h2,4-5,8-10,14,16-19H,3,6,11,13,15,20H2,1H3. The van der Waals surface area contributed by atoms with Gasteiger partial charge in [-0.25, -0.2) is 0 Å². The van der Waals surface area contributed by atoms with Crippen LogP contribution in [0, 0.1) is 11.8 Å². The van der Waals surface area contributed by atoms with E-state index in [0.717, 1.165) is 43.4 Å². The molecule has 0 amide bonds. The SMILES string of the molecule is CC(=O)CCc1ccc(Cn2cccn2)cc1C#CCCCc1ccccc1. The van der Waals surface area contributed by atoms with Crippen molar-refractivity contribution in [3.8, 4) is 11.8 Å². The Kier molecular flexibility index (Phi) is 7.21. The lowest BCUT2D eigenvalue weighted by Gasteiger charge is -2.08. The van der Waals surface area contributed by atoms with Crippen LogP contribution in [0.1, 0.15) is 48.4 Å². The van der Waals surface area contributed by atoms with Crippen LogP contribution >= 0.6 is 0 Å². The molecule has 0 atom stereocenters. The van der Waals surface area contributed by atoms with Crippen molar-refractivity contribution in [1.82, 2.24) is 9.78 Å². The van der Waals surface area contributed by atoms with Gasteiger partial charge in [0, 0.05) is 30.8 Å². The molecule has 0 spiro atoms. The molecule has 0 fully saturated rings. The summed E-state index contributed by atoms with van der Waals surface area (Å²) in [5.74, 6) is 6.89. The van der Waals surface area contributed by atoms with Gasteiger partial charge in [-0.3, -0.25) is 4.68 Å². The number of rotatable bonds is 8. The zero-order valence-electron chi connectivity index (χ0n) is 16.4. The fraction of sp³-hybridized carbons (Fsp3) is 0.280. The van der Waals surface area contributed by atoms with Crippen LogP contribution in [-0.4, -0.2) is 15.6 Å². The Labute approximate surface area is 167 Å². The van der Waals surface area contributed by atoms with Gasteiger partial charge in [0.25, 0.3) is 0 Å². The summed E-state index contributed by atoms with van der Waals surface area (Å²) in [4.78, 5) is 11.4. The van der Waals surface area contributed by atoms with Crippen LogP contribution in [0.3, 0.4) is 0 Å². The molecule has 142 valence electrons. The molecule has 0 radical (unpaired) electrons. The Balaban J connectivity index is 1.67. The van der Waals surface area contributed by atoms with Crippen molar-refractivity contribution >= 4 is 5.78 Å². The highest BCUT2D eigenvalue weighted by Crippen LogP contribution is 2.15. The molecule has 0 saturated carbocycles. The van der Waals surface area contributed by atoms with E-state index in [4.69, 9.17) is 0 Å². The highest BCUT2D eigenvalue weighted by Gasteiger charge is 2.05. The van der Waals surface area contributed by atoms with Crippen molar-refractivity contribution in [1.29, 1.82) is 0 Å². The van der Waals surface area contributed by atoms with E-state index in [-0.39, 0.29) is 5.78 Å². The largest absolute Gasteiger partial charge is 0.300 e. The van der Waals surface area contributed by atoms with Crippen LogP contribution in [0.5, 0.6) is 0 Å². The molecular weight excluding hydrogens is 344 g/mol. The molecule has 0 bridgehead atoms. The average molecular weight is 370 g/mol. The zero-order valence-corrected chi connectivity index (χ0v) is 16.4. The van der Waals surface area contributed by atoms with E-state index in [0.29, 0.717) is 6.42 Å². The van der Waals surface area contributed by atoms with Crippen molar-refractivity contribution in [2.24, 2.45) is 0 Å². The maximum absolute atomic E-state index is 11.4. The Hall–Kier alpha value is -3.12. The van der Waals surface area contributed by atoms with E-state index in [1.165, 1.54) is 11.1 Å². The molecule has 0 unspecified atom stereocenters. The maximum atomic E-state index is 11.4. The molecule has 28 heavy (non-hydrogen) atoms. The van der Waals surface area contributed by atoms with Gasteiger partial charge in [-0.1, -0.05) is 54.3 Å². The number of unbranched alkanes of at least 4 members (excludes halogenated alkanes) is 1. The summed E-state index contributed by atoms with van der Waals surface area (Å²) >= 11 is 0. The number of aromatic nitrogens is 2. The Morgan fingerprint density at radius 3 is 2.64 bits per heavy atom. The molecule has 3 nitrogen and oxygen atoms in total. The maximum Gasteiger partial charge on any atom is 0.130 e. The Morgan fingerprint density at radius 1 is 1.04 bits per heavy atom. The minimum absolute atomic E-state index is 0.211. The zero-order chi connectivity index (χ0) is 19.6. The summed E-state index contributed by atoms with van der Waals surface area (Å²) in [5.41, 5.74) is 4.71. The molecular formula is C25H26N2O. The molecule has 0 saturated heterocycles. The van der Waals surface area contributed by atoms with Gasteiger partial charge in [0.1, 0.15) is 5.78 Å². The molecule has 1 aromatic heterocycles. The van der Waals surface area contributed by atoms with Gasteiger partial charge >= 0.3 is 0 Å². The van der Waals surface area contributed by atoms with Crippen LogP contribution < -0.4 is 0 Å². The summed E-state index contributed by atoms with van der Waals surface area (Å²) < 4.78 is 1.90. The lowest BCUT2D eigenvalue weighted by Crippen LogP contribution is -2.02. The number of Topliss-reactive ketones (excluding diaryl/α,β-unsaturated/α-hetero) is 1. The third-order valence-corrected chi connectivity index (χ3v) is 4.66. The number of carbonyl (C=O) groups excluding carboxylic acids is 1. The van der Waals surface area contributed by atoms with Crippen LogP contribution in [0.4, 0.5) is 0 Å². The molecule has 2 aromatic carbocycles. The predicted molar refractivity (Wildman–Crippen MR) is 113 cm³/mol. The molecule has 0 aliphatic rings. The summed E-state index contributed by atoms with van der Waals surface area (Å²) in [5, 5.41) is 4.27. The highest BCUT2D eigenvalue weighted by atomic mass is 16.1. The van der Waals surface area contributed by atoms with E-state index < -0.39 is 0 Å².